The van der Waals surface area contributed by atoms with E-state index in [1.165, 1.54) is 44.8 Å². The van der Waals surface area contributed by atoms with Crippen LogP contribution in [0.15, 0.2) is 97.1 Å². The van der Waals surface area contributed by atoms with Crippen LogP contribution in [-0.4, -0.2) is 9.97 Å². The second-order valence-corrected chi connectivity index (χ2v) is 7.76. The molecule has 0 atom stereocenters. The van der Waals surface area contributed by atoms with Gasteiger partial charge in [0.2, 0.25) is 0 Å². The molecule has 2 heterocycles. The standard InChI is InChI=1S/C28H24N2/c1-19-17-25(29-27(19)21-11-5-3-6-12-21)23-15-9-10-16-24(23)26-18-20(2)28(30-26)22-13-7-4-8-14-22/h3-18,29-30H,1-2H3. The molecular weight excluding hydrogens is 364 g/mol. The fourth-order valence-electron chi connectivity index (χ4n) is 4.17. The fraction of sp³-hybridized carbons (Fsp3) is 0.0714. The maximum Gasteiger partial charge on any atom is 0.0488 e. The van der Waals surface area contributed by atoms with Gasteiger partial charge >= 0.3 is 0 Å². The zero-order valence-electron chi connectivity index (χ0n) is 17.2. The third kappa shape index (κ3) is 3.27. The molecule has 0 spiro atoms. The highest BCUT2D eigenvalue weighted by molar-refractivity contribution is 5.84. The smallest absolute Gasteiger partial charge is 0.0488 e. The van der Waals surface area contributed by atoms with Crippen LogP contribution >= 0.6 is 0 Å². The molecule has 2 aromatic heterocycles. The average Bonchev–Trinajstić information content (AvgIpc) is 3.38. The van der Waals surface area contributed by atoms with E-state index in [0.29, 0.717) is 0 Å². The van der Waals surface area contributed by atoms with Gasteiger partial charge in [-0.15, -0.1) is 0 Å². The van der Waals surface area contributed by atoms with Gasteiger partial charge in [0, 0.05) is 33.9 Å². The topological polar surface area (TPSA) is 31.6 Å². The molecule has 0 aliphatic heterocycles. The van der Waals surface area contributed by atoms with Gasteiger partial charge in [0.25, 0.3) is 0 Å². The largest absolute Gasteiger partial charge is 0.354 e. The first kappa shape index (κ1) is 18.3. The van der Waals surface area contributed by atoms with Crippen molar-refractivity contribution in [3.63, 3.8) is 0 Å². The second kappa shape index (κ2) is 7.57. The van der Waals surface area contributed by atoms with E-state index in [1.807, 2.05) is 0 Å². The Morgan fingerprint density at radius 1 is 0.467 bits per heavy atom. The van der Waals surface area contributed by atoms with Crippen LogP contribution in [0, 0.1) is 13.8 Å². The quantitative estimate of drug-likeness (QED) is 0.317. The van der Waals surface area contributed by atoms with E-state index in [2.05, 4.69) is 121 Å². The van der Waals surface area contributed by atoms with Gasteiger partial charge < -0.3 is 9.97 Å². The van der Waals surface area contributed by atoms with Crippen LogP contribution < -0.4 is 0 Å². The van der Waals surface area contributed by atoms with Crippen LogP contribution in [0.2, 0.25) is 0 Å². The van der Waals surface area contributed by atoms with Gasteiger partial charge in [-0.3, -0.25) is 0 Å². The first-order valence-electron chi connectivity index (χ1n) is 10.3. The highest BCUT2D eigenvalue weighted by atomic mass is 14.8. The lowest BCUT2D eigenvalue weighted by Gasteiger charge is -2.07. The molecular formula is C28H24N2. The summed E-state index contributed by atoms with van der Waals surface area (Å²) in [6, 6.07) is 34.1. The van der Waals surface area contributed by atoms with Gasteiger partial charge in [0.15, 0.2) is 0 Å². The minimum absolute atomic E-state index is 1.13. The Labute approximate surface area is 177 Å². The molecule has 146 valence electrons. The van der Waals surface area contributed by atoms with Gasteiger partial charge in [-0.1, -0.05) is 84.9 Å². The fourth-order valence-corrected chi connectivity index (χ4v) is 4.17. The third-order valence-electron chi connectivity index (χ3n) is 5.66. The lowest BCUT2D eigenvalue weighted by Crippen LogP contribution is -1.86. The summed E-state index contributed by atoms with van der Waals surface area (Å²) in [5.74, 6) is 0. The Balaban J connectivity index is 1.60. The van der Waals surface area contributed by atoms with Crippen LogP contribution in [0.3, 0.4) is 0 Å². The average molecular weight is 389 g/mol. The summed E-state index contributed by atoms with van der Waals surface area (Å²) in [6.07, 6.45) is 0. The lowest BCUT2D eigenvalue weighted by molar-refractivity contribution is 1.35. The first-order chi connectivity index (χ1) is 14.7. The van der Waals surface area contributed by atoms with Crippen molar-refractivity contribution in [3.05, 3.63) is 108 Å². The SMILES string of the molecule is Cc1cc(-c2ccccc2-c2cc(C)c(-c3ccccc3)[nH]2)[nH]c1-c1ccccc1. The highest BCUT2D eigenvalue weighted by Gasteiger charge is 2.15. The molecule has 30 heavy (non-hydrogen) atoms. The molecule has 0 saturated heterocycles. The van der Waals surface area contributed by atoms with E-state index in [0.717, 1.165) is 11.4 Å². The number of H-pyrrole nitrogens is 2. The molecule has 0 unspecified atom stereocenters. The predicted molar refractivity (Wildman–Crippen MR) is 126 cm³/mol. The zero-order chi connectivity index (χ0) is 20.5. The molecule has 5 aromatic rings. The minimum atomic E-state index is 1.13. The summed E-state index contributed by atoms with van der Waals surface area (Å²) in [6.45, 7) is 4.33. The van der Waals surface area contributed by atoms with Crippen molar-refractivity contribution >= 4 is 0 Å². The molecule has 2 heteroatoms. The number of benzene rings is 3. The van der Waals surface area contributed by atoms with E-state index < -0.39 is 0 Å². The van der Waals surface area contributed by atoms with E-state index >= 15 is 0 Å². The number of rotatable bonds is 4. The van der Waals surface area contributed by atoms with Crippen molar-refractivity contribution in [2.75, 3.05) is 0 Å². The summed E-state index contributed by atoms with van der Waals surface area (Å²) in [4.78, 5) is 7.33. The van der Waals surface area contributed by atoms with Gasteiger partial charge in [-0.2, -0.15) is 0 Å². The summed E-state index contributed by atoms with van der Waals surface area (Å²) in [5.41, 5.74) is 11.9. The van der Waals surface area contributed by atoms with Crippen LogP contribution in [0.5, 0.6) is 0 Å². The van der Waals surface area contributed by atoms with Gasteiger partial charge in [0.05, 0.1) is 0 Å². The van der Waals surface area contributed by atoms with Gasteiger partial charge in [-0.25, -0.2) is 0 Å². The Bertz CT molecular complexity index is 1190. The van der Waals surface area contributed by atoms with E-state index in [9.17, 15) is 0 Å². The van der Waals surface area contributed by atoms with Gasteiger partial charge in [-0.05, 0) is 48.2 Å². The van der Waals surface area contributed by atoms with Crippen LogP contribution in [0.1, 0.15) is 11.1 Å². The third-order valence-corrected chi connectivity index (χ3v) is 5.66. The molecule has 3 aromatic carbocycles. The summed E-state index contributed by atoms with van der Waals surface area (Å²) in [7, 11) is 0. The lowest BCUT2D eigenvalue weighted by atomic mass is 10.0. The van der Waals surface area contributed by atoms with Crippen molar-refractivity contribution in [1.29, 1.82) is 0 Å². The molecule has 0 aliphatic carbocycles. The Morgan fingerprint density at radius 2 is 0.833 bits per heavy atom. The van der Waals surface area contributed by atoms with Crippen molar-refractivity contribution in [2.45, 2.75) is 13.8 Å². The van der Waals surface area contributed by atoms with Crippen LogP contribution in [-0.2, 0) is 0 Å². The Kier molecular flexibility index (Phi) is 4.61. The Morgan fingerprint density at radius 3 is 1.23 bits per heavy atom. The number of hydrogen-bond acceptors (Lipinski definition) is 0. The summed E-state index contributed by atoms with van der Waals surface area (Å²) < 4.78 is 0. The number of hydrogen-bond donors (Lipinski definition) is 2. The van der Waals surface area contributed by atoms with Crippen molar-refractivity contribution < 1.29 is 0 Å². The highest BCUT2D eigenvalue weighted by Crippen LogP contribution is 2.36. The molecule has 0 bridgehead atoms. The molecule has 0 fully saturated rings. The second-order valence-electron chi connectivity index (χ2n) is 7.76. The first-order valence-corrected chi connectivity index (χ1v) is 10.3. The Hall–Kier alpha value is -3.78. The molecule has 0 saturated carbocycles. The monoisotopic (exact) mass is 388 g/mol. The zero-order valence-corrected chi connectivity index (χ0v) is 17.2. The van der Waals surface area contributed by atoms with Crippen LogP contribution in [0.4, 0.5) is 0 Å². The van der Waals surface area contributed by atoms with Gasteiger partial charge in [0.1, 0.15) is 0 Å². The molecule has 2 N–H and O–H groups in total. The minimum Gasteiger partial charge on any atom is -0.354 e. The molecule has 0 aliphatic rings. The number of aryl methyl sites for hydroxylation is 2. The molecule has 0 radical (unpaired) electrons. The summed E-state index contributed by atoms with van der Waals surface area (Å²) >= 11 is 0. The normalized spacial score (nSPS) is 11.0. The van der Waals surface area contributed by atoms with Crippen molar-refractivity contribution in [1.82, 2.24) is 9.97 Å². The number of aromatic nitrogens is 2. The maximum absolute atomic E-state index is 3.66. The van der Waals surface area contributed by atoms with Crippen molar-refractivity contribution in [3.8, 4) is 45.0 Å². The van der Waals surface area contributed by atoms with Crippen molar-refractivity contribution in [2.24, 2.45) is 0 Å². The molecule has 5 rings (SSSR count). The van der Waals surface area contributed by atoms with E-state index in [-0.39, 0.29) is 0 Å². The van der Waals surface area contributed by atoms with Crippen LogP contribution in [0.25, 0.3) is 45.0 Å². The molecule has 2 nitrogen and oxygen atoms in total. The van der Waals surface area contributed by atoms with E-state index in [1.54, 1.807) is 0 Å². The predicted octanol–water partition coefficient (Wildman–Crippen LogP) is 7.63. The van der Waals surface area contributed by atoms with E-state index in [4.69, 9.17) is 0 Å². The number of aromatic amines is 2. The molecule has 0 amide bonds. The summed E-state index contributed by atoms with van der Waals surface area (Å²) in [5, 5.41) is 0. The number of nitrogens with one attached hydrogen (secondary N) is 2. The maximum atomic E-state index is 3.66.